The molecule has 0 aliphatic rings. The number of nitrogens with zero attached hydrogens (tertiary/aromatic N) is 3. The SMILES string of the molecule is Brc1ccc2nc(NCCc3ccccc3)nnc2c1. The van der Waals surface area contributed by atoms with Crippen molar-refractivity contribution in [2.24, 2.45) is 0 Å². The molecule has 4 nitrogen and oxygen atoms in total. The molecular formula is C15H13BrN4. The van der Waals surface area contributed by atoms with Crippen molar-refractivity contribution < 1.29 is 0 Å². The second-order valence-corrected chi connectivity index (χ2v) is 5.35. The third-order valence-electron chi connectivity index (χ3n) is 2.96. The summed E-state index contributed by atoms with van der Waals surface area (Å²) in [5, 5.41) is 11.5. The molecule has 0 fully saturated rings. The third-order valence-corrected chi connectivity index (χ3v) is 3.45. The topological polar surface area (TPSA) is 50.7 Å². The van der Waals surface area contributed by atoms with Gasteiger partial charge >= 0.3 is 0 Å². The minimum atomic E-state index is 0.566. The highest BCUT2D eigenvalue weighted by Gasteiger charge is 2.01. The van der Waals surface area contributed by atoms with Crippen LogP contribution in [-0.2, 0) is 6.42 Å². The number of halogens is 1. The lowest BCUT2D eigenvalue weighted by Crippen LogP contribution is -2.08. The molecule has 1 N–H and O–H groups in total. The van der Waals surface area contributed by atoms with Crippen LogP contribution < -0.4 is 5.32 Å². The smallest absolute Gasteiger partial charge is 0.243 e. The quantitative estimate of drug-likeness (QED) is 0.797. The van der Waals surface area contributed by atoms with Gasteiger partial charge in [0, 0.05) is 11.0 Å². The average Bonchev–Trinajstić information content (AvgIpc) is 2.48. The molecule has 0 aliphatic heterocycles. The van der Waals surface area contributed by atoms with E-state index in [-0.39, 0.29) is 0 Å². The second-order valence-electron chi connectivity index (χ2n) is 4.43. The van der Waals surface area contributed by atoms with E-state index >= 15 is 0 Å². The van der Waals surface area contributed by atoms with E-state index in [0.717, 1.165) is 28.5 Å². The van der Waals surface area contributed by atoms with Gasteiger partial charge in [0.15, 0.2) is 0 Å². The van der Waals surface area contributed by atoms with E-state index in [9.17, 15) is 0 Å². The number of hydrogen-bond acceptors (Lipinski definition) is 4. The fraction of sp³-hybridized carbons (Fsp3) is 0.133. The van der Waals surface area contributed by atoms with E-state index in [1.54, 1.807) is 0 Å². The first-order valence-corrected chi connectivity index (χ1v) is 7.18. The highest BCUT2D eigenvalue weighted by molar-refractivity contribution is 9.10. The first-order valence-electron chi connectivity index (χ1n) is 6.39. The predicted octanol–water partition coefficient (Wildman–Crippen LogP) is 3.44. The number of nitrogens with one attached hydrogen (secondary N) is 1. The summed E-state index contributed by atoms with van der Waals surface area (Å²) in [5.41, 5.74) is 2.91. The minimum absolute atomic E-state index is 0.566. The van der Waals surface area contributed by atoms with Crippen LogP contribution in [-0.4, -0.2) is 21.7 Å². The highest BCUT2D eigenvalue weighted by atomic mass is 79.9. The number of aromatic nitrogens is 3. The first-order chi connectivity index (χ1) is 9.81. The molecule has 0 spiro atoms. The van der Waals surface area contributed by atoms with Gasteiger partial charge in [-0.2, -0.15) is 0 Å². The van der Waals surface area contributed by atoms with Crippen LogP contribution in [0.15, 0.2) is 53.0 Å². The Morgan fingerprint density at radius 1 is 0.950 bits per heavy atom. The van der Waals surface area contributed by atoms with Crippen molar-refractivity contribution in [1.29, 1.82) is 0 Å². The molecule has 2 aromatic carbocycles. The number of anilines is 1. The fourth-order valence-corrected chi connectivity index (χ4v) is 2.30. The van der Waals surface area contributed by atoms with Crippen molar-refractivity contribution in [2.45, 2.75) is 6.42 Å². The maximum atomic E-state index is 4.44. The van der Waals surface area contributed by atoms with Crippen molar-refractivity contribution in [3.63, 3.8) is 0 Å². The normalized spacial score (nSPS) is 10.7. The minimum Gasteiger partial charge on any atom is -0.353 e. The molecule has 1 heterocycles. The Bertz CT molecular complexity index is 715. The summed E-state index contributed by atoms with van der Waals surface area (Å²) in [7, 11) is 0. The van der Waals surface area contributed by atoms with Crippen LogP contribution in [0.5, 0.6) is 0 Å². The molecule has 0 unspecified atom stereocenters. The first kappa shape index (κ1) is 13.0. The molecular weight excluding hydrogens is 316 g/mol. The summed E-state index contributed by atoms with van der Waals surface area (Å²) >= 11 is 3.41. The third kappa shape index (κ3) is 3.11. The monoisotopic (exact) mass is 328 g/mol. The standard InChI is InChI=1S/C15H13BrN4/c16-12-6-7-13-14(10-12)19-20-15(18-13)17-9-8-11-4-2-1-3-5-11/h1-7,10H,8-9H2,(H,17,18,20). The molecule has 3 rings (SSSR count). The Labute approximate surface area is 125 Å². The Morgan fingerprint density at radius 3 is 2.65 bits per heavy atom. The lowest BCUT2D eigenvalue weighted by molar-refractivity contribution is 0.952. The number of fused-ring (bicyclic) bond motifs is 1. The molecule has 1 aromatic heterocycles. The molecule has 0 saturated heterocycles. The van der Waals surface area contributed by atoms with Gasteiger partial charge in [-0.1, -0.05) is 46.3 Å². The molecule has 0 aliphatic carbocycles. The molecule has 0 saturated carbocycles. The zero-order chi connectivity index (χ0) is 13.8. The van der Waals surface area contributed by atoms with E-state index in [4.69, 9.17) is 0 Å². The van der Waals surface area contributed by atoms with Crippen LogP contribution in [0.1, 0.15) is 5.56 Å². The molecule has 3 aromatic rings. The summed E-state index contributed by atoms with van der Waals surface area (Å²) < 4.78 is 0.978. The van der Waals surface area contributed by atoms with Crippen LogP contribution in [0.3, 0.4) is 0 Å². The molecule has 0 bridgehead atoms. The van der Waals surface area contributed by atoms with E-state index in [2.05, 4.69) is 48.6 Å². The van der Waals surface area contributed by atoms with Crippen molar-refractivity contribution in [3.05, 3.63) is 58.6 Å². The summed E-state index contributed by atoms with van der Waals surface area (Å²) in [6.45, 7) is 0.785. The summed E-state index contributed by atoms with van der Waals surface area (Å²) in [4.78, 5) is 4.44. The maximum absolute atomic E-state index is 4.44. The van der Waals surface area contributed by atoms with Gasteiger partial charge in [-0.3, -0.25) is 0 Å². The van der Waals surface area contributed by atoms with Crippen LogP contribution in [0.2, 0.25) is 0 Å². The van der Waals surface area contributed by atoms with Crippen LogP contribution >= 0.6 is 15.9 Å². The molecule has 0 radical (unpaired) electrons. The van der Waals surface area contributed by atoms with Crippen LogP contribution in [0.25, 0.3) is 11.0 Å². The second kappa shape index (κ2) is 5.96. The molecule has 100 valence electrons. The zero-order valence-corrected chi connectivity index (χ0v) is 12.3. The van der Waals surface area contributed by atoms with Gasteiger partial charge in [-0.25, -0.2) is 4.98 Å². The maximum Gasteiger partial charge on any atom is 0.243 e. The van der Waals surface area contributed by atoms with Gasteiger partial charge in [0.25, 0.3) is 0 Å². The molecule has 5 heteroatoms. The zero-order valence-electron chi connectivity index (χ0n) is 10.8. The number of hydrogen-bond donors (Lipinski definition) is 1. The van der Waals surface area contributed by atoms with E-state index in [1.165, 1.54) is 5.56 Å². The Balaban J connectivity index is 1.67. The predicted molar refractivity (Wildman–Crippen MR) is 83.7 cm³/mol. The molecule has 0 atom stereocenters. The summed E-state index contributed by atoms with van der Waals surface area (Å²) in [5.74, 6) is 0.566. The van der Waals surface area contributed by atoms with Crippen molar-refractivity contribution in [1.82, 2.24) is 15.2 Å². The van der Waals surface area contributed by atoms with Gasteiger partial charge < -0.3 is 5.32 Å². The Hall–Kier alpha value is -2.01. The lowest BCUT2D eigenvalue weighted by atomic mass is 10.1. The van der Waals surface area contributed by atoms with Gasteiger partial charge in [0.05, 0.1) is 5.52 Å². The number of benzene rings is 2. The van der Waals surface area contributed by atoms with E-state index in [0.29, 0.717) is 5.95 Å². The Morgan fingerprint density at radius 2 is 1.80 bits per heavy atom. The molecule has 20 heavy (non-hydrogen) atoms. The van der Waals surface area contributed by atoms with Gasteiger partial charge in [0.1, 0.15) is 5.52 Å². The molecule has 0 amide bonds. The summed E-state index contributed by atoms with van der Waals surface area (Å²) in [6.07, 6.45) is 0.933. The highest BCUT2D eigenvalue weighted by Crippen LogP contribution is 2.16. The van der Waals surface area contributed by atoms with E-state index in [1.807, 2.05) is 36.4 Å². The van der Waals surface area contributed by atoms with Crippen molar-refractivity contribution >= 4 is 32.9 Å². The van der Waals surface area contributed by atoms with Gasteiger partial charge in [-0.05, 0) is 30.2 Å². The lowest BCUT2D eigenvalue weighted by Gasteiger charge is -2.05. The van der Waals surface area contributed by atoms with Crippen molar-refractivity contribution in [3.8, 4) is 0 Å². The number of rotatable bonds is 4. The van der Waals surface area contributed by atoms with Crippen LogP contribution in [0, 0.1) is 0 Å². The van der Waals surface area contributed by atoms with Gasteiger partial charge in [-0.15, -0.1) is 10.2 Å². The largest absolute Gasteiger partial charge is 0.353 e. The van der Waals surface area contributed by atoms with Crippen molar-refractivity contribution in [2.75, 3.05) is 11.9 Å². The summed E-state index contributed by atoms with van der Waals surface area (Å²) in [6, 6.07) is 16.1. The van der Waals surface area contributed by atoms with Gasteiger partial charge in [0.2, 0.25) is 5.95 Å². The van der Waals surface area contributed by atoms with Crippen LogP contribution in [0.4, 0.5) is 5.95 Å². The Kier molecular flexibility index (Phi) is 3.87. The van der Waals surface area contributed by atoms with E-state index < -0.39 is 0 Å². The average molecular weight is 329 g/mol. The fourth-order valence-electron chi connectivity index (χ4n) is 1.95.